The Bertz CT molecular complexity index is 1140. The smallest absolute Gasteiger partial charge is 0.246 e. The van der Waals surface area contributed by atoms with Crippen molar-refractivity contribution in [3.05, 3.63) is 66.2 Å². The third-order valence-electron chi connectivity index (χ3n) is 7.99. The largest absolute Gasteiger partial charge is 0.394 e. The molecule has 196 valence electrons. The number of ether oxygens (including phenoxy) is 1. The number of carbonyl (C=O) groups excluding carboxylic acids is 3. The van der Waals surface area contributed by atoms with Crippen LogP contribution in [-0.2, 0) is 25.7 Å². The van der Waals surface area contributed by atoms with Crippen molar-refractivity contribution in [2.45, 2.75) is 63.4 Å². The van der Waals surface area contributed by atoms with Crippen LogP contribution < -0.4 is 10.6 Å². The maximum atomic E-state index is 14.1. The summed E-state index contributed by atoms with van der Waals surface area (Å²) < 4.78 is 6.48. The van der Waals surface area contributed by atoms with E-state index in [1.54, 1.807) is 12.1 Å². The van der Waals surface area contributed by atoms with Gasteiger partial charge in [-0.3, -0.25) is 14.4 Å². The van der Waals surface area contributed by atoms with Gasteiger partial charge in [-0.25, -0.2) is 0 Å². The summed E-state index contributed by atoms with van der Waals surface area (Å²) in [6, 6.07) is 17.3. The van der Waals surface area contributed by atoms with Crippen LogP contribution in [0.15, 0.2) is 60.7 Å². The minimum atomic E-state index is -1.09. The minimum absolute atomic E-state index is 0.199. The van der Waals surface area contributed by atoms with Crippen LogP contribution >= 0.6 is 0 Å². The first-order chi connectivity index (χ1) is 17.9. The molecular formula is C29H35N3O5. The van der Waals surface area contributed by atoms with Gasteiger partial charge in [-0.15, -0.1) is 0 Å². The fraction of sp³-hybridized carbons (Fsp3) is 0.483. The van der Waals surface area contributed by atoms with Crippen molar-refractivity contribution in [2.75, 3.05) is 11.9 Å². The standard InChI is InChI=1S/C29H35N3O5/c1-18(2)15-21(17-33)32-25(27(35)30-16-19-9-5-3-6-10-19)29-14-13-22(37-29)23(24(29)28(32)36)26(34)31-20-11-7-4-8-12-20/h3-12,18,21-25,33H,13-17H2,1-2H3,(H,30,35)(H,31,34)/t21-,22+,23-,24+,25?,29?/m1/s1. The second-order valence-corrected chi connectivity index (χ2v) is 10.8. The Balaban J connectivity index is 1.47. The van der Waals surface area contributed by atoms with Gasteiger partial charge < -0.3 is 25.4 Å². The lowest BCUT2D eigenvalue weighted by molar-refractivity contribution is -0.145. The predicted molar refractivity (Wildman–Crippen MR) is 138 cm³/mol. The van der Waals surface area contributed by atoms with E-state index in [4.69, 9.17) is 4.74 Å². The number of aliphatic hydroxyl groups is 1. The molecule has 2 bridgehead atoms. The van der Waals surface area contributed by atoms with Gasteiger partial charge in [0.2, 0.25) is 17.7 Å². The molecule has 3 fully saturated rings. The van der Waals surface area contributed by atoms with Crippen molar-refractivity contribution >= 4 is 23.4 Å². The summed E-state index contributed by atoms with van der Waals surface area (Å²) in [5.74, 6) is -2.14. The summed E-state index contributed by atoms with van der Waals surface area (Å²) >= 11 is 0. The quantitative estimate of drug-likeness (QED) is 0.486. The van der Waals surface area contributed by atoms with E-state index in [0.29, 0.717) is 31.5 Å². The lowest BCUT2D eigenvalue weighted by Crippen LogP contribution is -2.58. The first kappa shape index (κ1) is 25.4. The highest BCUT2D eigenvalue weighted by atomic mass is 16.5. The molecule has 0 saturated carbocycles. The van der Waals surface area contributed by atoms with Crippen LogP contribution in [0.1, 0.15) is 38.7 Å². The number of likely N-dealkylation sites (tertiary alicyclic amines) is 1. The summed E-state index contributed by atoms with van der Waals surface area (Å²) in [7, 11) is 0. The van der Waals surface area contributed by atoms with Gasteiger partial charge in [0.1, 0.15) is 11.6 Å². The number of benzene rings is 2. The number of hydrogen-bond donors (Lipinski definition) is 3. The normalized spacial score (nSPS) is 28.9. The number of anilines is 1. The number of aliphatic hydroxyl groups excluding tert-OH is 1. The number of para-hydroxylation sites is 1. The highest BCUT2D eigenvalue weighted by Gasteiger charge is 2.75. The summed E-state index contributed by atoms with van der Waals surface area (Å²) in [5, 5.41) is 16.3. The Labute approximate surface area is 217 Å². The lowest BCUT2D eigenvalue weighted by Gasteiger charge is -2.37. The summed E-state index contributed by atoms with van der Waals surface area (Å²) in [5.41, 5.74) is 0.501. The van der Waals surface area contributed by atoms with E-state index in [2.05, 4.69) is 10.6 Å². The SMILES string of the molecule is CC(C)C[C@H](CO)N1C(=O)[C@@H]2[C@H](C(=O)Nc3ccccc3)[C@@H]3CCC2(O3)C1C(=O)NCc1ccccc1. The molecule has 37 heavy (non-hydrogen) atoms. The number of nitrogens with one attached hydrogen (secondary N) is 2. The van der Waals surface area contributed by atoms with Crippen LogP contribution in [0.2, 0.25) is 0 Å². The van der Waals surface area contributed by atoms with Crippen LogP contribution in [0.25, 0.3) is 0 Å². The fourth-order valence-corrected chi connectivity index (χ4v) is 6.53. The van der Waals surface area contributed by atoms with Crippen molar-refractivity contribution in [1.82, 2.24) is 10.2 Å². The second-order valence-electron chi connectivity index (χ2n) is 10.8. The molecular weight excluding hydrogens is 470 g/mol. The third kappa shape index (κ3) is 4.53. The van der Waals surface area contributed by atoms with E-state index < -0.39 is 35.6 Å². The Morgan fingerprint density at radius 2 is 1.76 bits per heavy atom. The molecule has 3 N–H and O–H groups in total. The molecule has 1 spiro atoms. The summed E-state index contributed by atoms with van der Waals surface area (Å²) in [6.45, 7) is 4.09. The highest BCUT2D eigenvalue weighted by Crippen LogP contribution is 2.59. The molecule has 2 aromatic carbocycles. The van der Waals surface area contributed by atoms with Gasteiger partial charge >= 0.3 is 0 Å². The molecule has 3 amide bonds. The van der Waals surface area contributed by atoms with E-state index in [1.807, 2.05) is 62.4 Å². The van der Waals surface area contributed by atoms with Crippen LogP contribution in [0.5, 0.6) is 0 Å². The molecule has 2 unspecified atom stereocenters. The molecule has 0 aromatic heterocycles. The van der Waals surface area contributed by atoms with Gasteiger partial charge in [0.15, 0.2) is 0 Å². The van der Waals surface area contributed by atoms with Gasteiger partial charge in [-0.05, 0) is 42.9 Å². The number of carbonyl (C=O) groups is 3. The molecule has 3 saturated heterocycles. The number of rotatable bonds is 9. The average Bonchev–Trinajstić information content (AvgIpc) is 3.54. The number of fused-ring (bicyclic) bond motifs is 1. The molecule has 8 heteroatoms. The Morgan fingerprint density at radius 1 is 1.08 bits per heavy atom. The zero-order valence-corrected chi connectivity index (χ0v) is 21.3. The van der Waals surface area contributed by atoms with E-state index >= 15 is 0 Å². The van der Waals surface area contributed by atoms with Gasteiger partial charge in [-0.1, -0.05) is 62.4 Å². The molecule has 3 heterocycles. The Kier molecular flexibility index (Phi) is 7.05. The van der Waals surface area contributed by atoms with Gasteiger partial charge in [-0.2, -0.15) is 0 Å². The zero-order valence-electron chi connectivity index (χ0n) is 21.3. The number of hydrogen-bond acceptors (Lipinski definition) is 5. The second kappa shape index (κ2) is 10.3. The van der Waals surface area contributed by atoms with Crippen LogP contribution in [0.3, 0.4) is 0 Å². The van der Waals surface area contributed by atoms with E-state index in [0.717, 1.165) is 5.56 Å². The molecule has 2 aromatic rings. The Morgan fingerprint density at radius 3 is 2.41 bits per heavy atom. The van der Waals surface area contributed by atoms with Gasteiger partial charge in [0.05, 0.1) is 30.6 Å². The predicted octanol–water partition coefficient (Wildman–Crippen LogP) is 2.72. The lowest BCUT2D eigenvalue weighted by atomic mass is 9.70. The number of nitrogens with zero attached hydrogens (tertiary/aromatic N) is 1. The van der Waals surface area contributed by atoms with Gasteiger partial charge in [0.25, 0.3) is 0 Å². The molecule has 8 nitrogen and oxygen atoms in total. The number of amides is 3. The molecule has 0 radical (unpaired) electrons. The van der Waals surface area contributed by atoms with Crippen molar-refractivity contribution in [3.63, 3.8) is 0 Å². The van der Waals surface area contributed by atoms with Crippen molar-refractivity contribution in [2.24, 2.45) is 17.8 Å². The topological polar surface area (TPSA) is 108 Å². The first-order valence-corrected chi connectivity index (χ1v) is 13.1. The van der Waals surface area contributed by atoms with E-state index in [9.17, 15) is 19.5 Å². The molecule has 5 rings (SSSR count). The maximum Gasteiger partial charge on any atom is 0.246 e. The highest BCUT2D eigenvalue weighted by molar-refractivity contribution is 6.02. The molecule has 3 aliphatic rings. The first-order valence-electron chi connectivity index (χ1n) is 13.1. The third-order valence-corrected chi connectivity index (χ3v) is 7.99. The van der Waals surface area contributed by atoms with Crippen LogP contribution in [-0.4, -0.2) is 58.1 Å². The van der Waals surface area contributed by atoms with Crippen LogP contribution in [0, 0.1) is 17.8 Å². The fourth-order valence-electron chi connectivity index (χ4n) is 6.53. The van der Waals surface area contributed by atoms with Crippen LogP contribution in [0.4, 0.5) is 5.69 Å². The molecule has 6 atom stereocenters. The van der Waals surface area contributed by atoms with Crippen molar-refractivity contribution in [1.29, 1.82) is 0 Å². The molecule has 0 aliphatic carbocycles. The van der Waals surface area contributed by atoms with Crippen molar-refractivity contribution in [3.8, 4) is 0 Å². The Hall–Kier alpha value is -3.23. The van der Waals surface area contributed by atoms with E-state index in [-0.39, 0.29) is 30.2 Å². The van der Waals surface area contributed by atoms with E-state index in [1.165, 1.54) is 4.90 Å². The average molecular weight is 506 g/mol. The zero-order chi connectivity index (χ0) is 26.2. The summed E-state index contributed by atoms with van der Waals surface area (Å²) in [4.78, 5) is 42.9. The molecule has 3 aliphatic heterocycles. The van der Waals surface area contributed by atoms with Crippen molar-refractivity contribution < 1.29 is 24.2 Å². The minimum Gasteiger partial charge on any atom is -0.394 e. The monoisotopic (exact) mass is 505 g/mol. The summed E-state index contributed by atoms with van der Waals surface area (Å²) in [6.07, 6.45) is 1.23. The maximum absolute atomic E-state index is 14.1. The van der Waals surface area contributed by atoms with Gasteiger partial charge in [0, 0.05) is 12.2 Å².